The summed E-state index contributed by atoms with van der Waals surface area (Å²) in [5.41, 5.74) is 1.66. The number of amides is 1. The molecule has 4 rings (SSSR count). The lowest BCUT2D eigenvalue weighted by atomic mass is 10.1. The molecule has 0 radical (unpaired) electrons. The third-order valence-corrected chi connectivity index (χ3v) is 7.64. The molecule has 172 valence electrons. The standard InChI is InChI=1S/C23H20Cl2N2O5S/c24-17-7-6-16(21(25)12-17)14-32-18-8-10-19(11-9-18)33(30,31)27-23(22(28)26-29)13-20(23)15-4-2-1-3-5-15/h1-12,20,27,29H,13-14H2,(H,26,28)/t20-,23+/m0/s1. The van der Waals surface area contributed by atoms with Gasteiger partial charge in [-0.15, -0.1) is 0 Å². The second kappa shape index (κ2) is 9.32. The van der Waals surface area contributed by atoms with Crippen LogP contribution in [0.15, 0.2) is 77.7 Å². The number of halogens is 2. The highest BCUT2D eigenvalue weighted by Crippen LogP contribution is 2.52. The van der Waals surface area contributed by atoms with Gasteiger partial charge in [0.1, 0.15) is 17.9 Å². The van der Waals surface area contributed by atoms with E-state index in [1.165, 1.54) is 24.3 Å². The minimum absolute atomic E-state index is 0.0387. The van der Waals surface area contributed by atoms with Gasteiger partial charge in [-0.25, -0.2) is 13.9 Å². The molecule has 1 fully saturated rings. The maximum atomic E-state index is 13.0. The largest absolute Gasteiger partial charge is 0.489 e. The molecule has 3 aromatic rings. The van der Waals surface area contributed by atoms with Gasteiger partial charge in [0.15, 0.2) is 0 Å². The van der Waals surface area contributed by atoms with Crippen molar-refractivity contribution in [1.82, 2.24) is 10.2 Å². The molecule has 1 aliphatic carbocycles. The quantitative estimate of drug-likeness (QED) is 0.312. The fraction of sp³-hybridized carbons (Fsp3) is 0.174. The molecule has 10 heteroatoms. The van der Waals surface area contributed by atoms with E-state index in [1.54, 1.807) is 35.8 Å². The molecule has 7 nitrogen and oxygen atoms in total. The fourth-order valence-corrected chi connectivity index (χ4v) is 5.55. The van der Waals surface area contributed by atoms with Gasteiger partial charge in [-0.1, -0.05) is 59.6 Å². The number of hydrogen-bond donors (Lipinski definition) is 3. The molecule has 0 bridgehead atoms. The van der Waals surface area contributed by atoms with E-state index in [9.17, 15) is 18.4 Å². The van der Waals surface area contributed by atoms with Gasteiger partial charge in [0.05, 0.1) is 4.90 Å². The first kappa shape index (κ1) is 23.5. The zero-order valence-electron chi connectivity index (χ0n) is 17.2. The minimum atomic E-state index is -4.06. The normalized spacial score (nSPS) is 19.7. The van der Waals surface area contributed by atoms with Crippen molar-refractivity contribution in [2.75, 3.05) is 0 Å². The van der Waals surface area contributed by atoms with Crippen LogP contribution in [-0.4, -0.2) is 25.1 Å². The highest BCUT2D eigenvalue weighted by molar-refractivity contribution is 7.89. The number of carbonyl (C=O) groups is 1. The summed E-state index contributed by atoms with van der Waals surface area (Å²) in [6, 6.07) is 19.9. The zero-order chi connectivity index (χ0) is 23.6. The zero-order valence-corrected chi connectivity index (χ0v) is 19.5. The first-order valence-corrected chi connectivity index (χ1v) is 12.2. The van der Waals surface area contributed by atoms with E-state index in [1.807, 2.05) is 18.2 Å². The van der Waals surface area contributed by atoms with Crippen LogP contribution in [-0.2, 0) is 21.4 Å². The molecular weight excluding hydrogens is 487 g/mol. The maximum Gasteiger partial charge on any atom is 0.265 e. The summed E-state index contributed by atoms with van der Waals surface area (Å²) in [5, 5.41) is 10.2. The van der Waals surface area contributed by atoms with Crippen molar-refractivity contribution in [2.45, 2.75) is 29.4 Å². The molecule has 33 heavy (non-hydrogen) atoms. The van der Waals surface area contributed by atoms with Gasteiger partial charge in [0.2, 0.25) is 10.0 Å². The number of hydroxylamine groups is 1. The van der Waals surface area contributed by atoms with E-state index in [4.69, 9.17) is 27.9 Å². The number of rotatable bonds is 8. The molecule has 0 heterocycles. The Morgan fingerprint density at radius 2 is 1.76 bits per heavy atom. The second-order valence-corrected chi connectivity index (χ2v) is 10.2. The van der Waals surface area contributed by atoms with Gasteiger partial charge in [-0.3, -0.25) is 10.0 Å². The van der Waals surface area contributed by atoms with Crippen LogP contribution in [0.4, 0.5) is 0 Å². The monoisotopic (exact) mass is 506 g/mol. The first-order valence-electron chi connectivity index (χ1n) is 9.95. The lowest BCUT2D eigenvalue weighted by molar-refractivity contribution is -0.132. The molecule has 0 aromatic heterocycles. The molecule has 3 N–H and O–H groups in total. The molecule has 0 saturated heterocycles. The summed E-state index contributed by atoms with van der Waals surface area (Å²) in [7, 11) is -4.06. The Morgan fingerprint density at radius 3 is 2.39 bits per heavy atom. The third kappa shape index (κ3) is 5.00. The first-order chi connectivity index (χ1) is 15.7. The van der Waals surface area contributed by atoms with E-state index < -0.39 is 27.4 Å². The summed E-state index contributed by atoms with van der Waals surface area (Å²) < 4.78 is 34.2. The van der Waals surface area contributed by atoms with E-state index in [2.05, 4.69) is 4.72 Å². The van der Waals surface area contributed by atoms with Crippen molar-refractivity contribution in [1.29, 1.82) is 0 Å². The van der Waals surface area contributed by atoms with E-state index >= 15 is 0 Å². The predicted octanol–water partition coefficient (Wildman–Crippen LogP) is 4.28. The van der Waals surface area contributed by atoms with Crippen molar-refractivity contribution in [2.24, 2.45) is 0 Å². The predicted molar refractivity (Wildman–Crippen MR) is 124 cm³/mol. The Hall–Kier alpha value is -2.62. The number of sulfonamides is 1. The lowest BCUT2D eigenvalue weighted by Gasteiger charge is -2.18. The topological polar surface area (TPSA) is 105 Å². The molecule has 3 aromatic carbocycles. The van der Waals surface area contributed by atoms with Crippen LogP contribution in [0.1, 0.15) is 23.5 Å². The Kier molecular flexibility index (Phi) is 6.65. The van der Waals surface area contributed by atoms with Crippen LogP contribution < -0.4 is 14.9 Å². The van der Waals surface area contributed by atoms with E-state index in [-0.39, 0.29) is 17.9 Å². The minimum Gasteiger partial charge on any atom is -0.489 e. The van der Waals surface area contributed by atoms with E-state index in [0.717, 1.165) is 11.1 Å². The van der Waals surface area contributed by atoms with Crippen LogP contribution >= 0.6 is 23.2 Å². The number of nitrogens with one attached hydrogen (secondary N) is 2. The Morgan fingerprint density at radius 1 is 1.06 bits per heavy atom. The smallest absolute Gasteiger partial charge is 0.265 e. The third-order valence-electron chi connectivity index (χ3n) is 5.53. The van der Waals surface area contributed by atoms with Crippen LogP contribution in [0.2, 0.25) is 10.0 Å². The van der Waals surface area contributed by atoms with Crippen molar-refractivity contribution in [3.63, 3.8) is 0 Å². The molecule has 1 saturated carbocycles. The number of benzene rings is 3. The molecular formula is C23H20Cl2N2O5S. The Labute approximate surface area is 201 Å². The Balaban J connectivity index is 1.48. The van der Waals surface area contributed by atoms with Crippen molar-refractivity contribution in [3.8, 4) is 5.75 Å². The summed E-state index contributed by atoms with van der Waals surface area (Å²) in [6.45, 7) is 0.179. The van der Waals surface area contributed by atoms with Gasteiger partial charge >= 0.3 is 0 Å². The van der Waals surface area contributed by atoms with Crippen molar-refractivity contribution in [3.05, 3.63) is 94.0 Å². The van der Waals surface area contributed by atoms with Crippen LogP contribution in [0, 0.1) is 0 Å². The number of hydrogen-bond acceptors (Lipinski definition) is 5. The summed E-state index contributed by atoms with van der Waals surface area (Å²) in [6.07, 6.45) is 0.228. The van der Waals surface area contributed by atoms with E-state index in [0.29, 0.717) is 15.8 Å². The van der Waals surface area contributed by atoms with Gasteiger partial charge < -0.3 is 4.74 Å². The molecule has 0 unspecified atom stereocenters. The average Bonchev–Trinajstić information content (AvgIpc) is 3.53. The number of carbonyl (C=O) groups excluding carboxylic acids is 1. The Bertz CT molecular complexity index is 1270. The van der Waals surface area contributed by atoms with Crippen molar-refractivity contribution >= 4 is 39.1 Å². The highest BCUT2D eigenvalue weighted by atomic mass is 35.5. The summed E-state index contributed by atoms with van der Waals surface area (Å²) in [4.78, 5) is 12.3. The second-order valence-electron chi connectivity index (χ2n) is 7.68. The molecule has 0 aliphatic heterocycles. The lowest BCUT2D eigenvalue weighted by Crippen LogP contribution is -2.49. The van der Waals surface area contributed by atoms with Crippen LogP contribution in [0.3, 0.4) is 0 Å². The van der Waals surface area contributed by atoms with Crippen LogP contribution in [0.25, 0.3) is 0 Å². The highest BCUT2D eigenvalue weighted by Gasteiger charge is 2.62. The van der Waals surface area contributed by atoms with Gasteiger partial charge in [0.25, 0.3) is 5.91 Å². The SMILES string of the molecule is O=C(NO)[C@@]1(NS(=O)(=O)c2ccc(OCc3ccc(Cl)cc3Cl)cc2)C[C@H]1c1ccccc1. The summed E-state index contributed by atoms with van der Waals surface area (Å²) in [5.74, 6) is -0.761. The summed E-state index contributed by atoms with van der Waals surface area (Å²) >= 11 is 12.0. The van der Waals surface area contributed by atoms with Crippen LogP contribution in [0.5, 0.6) is 5.75 Å². The van der Waals surface area contributed by atoms with Gasteiger partial charge in [-0.2, -0.15) is 4.72 Å². The molecule has 0 spiro atoms. The maximum absolute atomic E-state index is 13.0. The molecule has 2 atom stereocenters. The average molecular weight is 507 g/mol. The van der Waals surface area contributed by atoms with Crippen molar-refractivity contribution < 1.29 is 23.2 Å². The molecule has 1 amide bonds. The number of ether oxygens (including phenoxy) is 1. The van der Waals surface area contributed by atoms with Gasteiger partial charge in [-0.05, 0) is 48.4 Å². The van der Waals surface area contributed by atoms with Gasteiger partial charge in [0, 0.05) is 21.5 Å². The molecule has 1 aliphatic rings. The fourth-order valence-electron chi connectivity index (χ4n) is 3.67.